The number of rotatable bonds is 1. The molecule has 15 heavy (non-hydrogen) atoms. The maximum atomic E-state index is 9.00. The monoisotopic (exact) mass is 207 g/mol. The molecule has 0 aromatic heterocycles. The van der Waals surface area contributed by atoms with Gasteiger partial charge in [0.2, 0.25) is 0 Å². The molecule has 0 aromatic carbocycles. The van der Waals surface area contributed by atoms with E-state index in [1.165, 1.54) is 38.5 Å². The molecule has 0 bridgehead atoms. The highest BCUT2D eigenvalue weighted by Gasteiger charge is 2.16. The lowest BCUT2D eigenvalue weighted by molar-refractivity contribution is 0.297. The maximum absolute atomic E-state index is 9.00. The third kappa shape index (κ3) is 4.69. The molecule has 0 saturated heterocycles. The van der Waals surface area contributed by atoms with Gasteiger partial charge in [-0.05, 0) is 24.7 Å². The van der Waals surface area contributed by atoms with Crippen molar-refractivity contribution < 1.29 is 0 Å². The second-order valence-electron chi connectivity index (χ2n) is 5.40. The lowest BCUT2D eigenvalue weighted by atomic mass is 9.83. The van der Waals surface area contributed by atoms with Crippen LogP contribution in [0, 0.1) is 29.1 Å². The van der Waals surface area contributed by atoms with Crippen LogP contribution in [-0.4, -0.2) is 0 Å². The van der Waals surface area contributed by atoms with E-state index in [2.05, 4.69) is 19.9 Å². The summed E-state index contributed by atoms with van der Waals surface area (Å²) in [6.07, 6.45) is 10.3. The van der Waals surface area contributed by atoms with Gasteiger partial charge in [-0.3, -0.25) is 0 Å². The summed E-state index contributed by atoms with van der Waals surface area (Å²) >= 11 is 0. The molecule has 1 nitrogen and oxygen atoms in total. The van der Waals surface area contributed by atoms with Crippen LogP contribution in [0.5, 0.6) is 0 Å². The van der Waals surface area contributed by atoms with Crippen molar-refractivity contribution in [1.82, 2.24) is 0 Å². The average molecular weight is 207 g/mol. The lowest BCUT2D eigenvalue weighted by Gasteiger charge is -2.22. The molecule has 0 spiro atoms. The van der Waals surface area contributed by atoms with Gasteiger partial charge in [-0.15, -0.1) is 0 Å². The summed E-state index contributed by atoms with van der Waals surface area (Å²) in [6.45, 7) is 4.69. The third-order valence-electron chi connectivity index (χ3n) is 3.88. The van der Waals surface area contributed by atoms with E-state index in [1.807, 2.05) is 0 Å². The van der Waals surface area contributed by atoms with Crippen molar-refractivity contribution in [2.24, 2.45) is 17.8 Å². The van der Waals surface area contributed by atoms with Crippen LogP contribution >= 0.6 is 0 Å². The first-order chi connectivity index (χ1) is 7.24. The summed E-state index contributed by atoms with van der Waals surface area (Å²) in [5, 5.41) is 9.00. The Morgan fingerprint density at radius 1 is 0.933 bits per heavy atom. The van der Waals surface area contributed by atoms with E-state index >= 15 is 0 Å². The molecule has 86 valence electrons. The van der Waals surface area contributed by atoms with Gasteiger partial charge >= 0.3 is 0 Å². The fourth-order valence-electron chi connectivity index (χ4n) is 2.68. The van der Waals surface area contributed by atoms with E-state index in [0.29, 0.717) is 5.92 Å². The van der Waals surface area contributed by atoms with E-state index < -0.39 is 0 Å². The van der Waals surface area contributed by atoms with Gasteiger partial charge in [-0.2, -0.15) is 5.26 Å². The Labute approximate surface area is 94.9 Å². The quantitative estimate of drug-likeness (QED) is 0.619. The van der Waals surface area contributed by atoms with Gasteiger partial charge in [0.05, 0.1) is 6.07 Å². The van der Waals surface area contributed by atoms with Crippen LogP contribution in [0.1, 0.15) is 65.2 Å². The van der Waals surface area contributed by atoms with Crippen molar-refractivity contribution in [2.75, 3.05) is 0 Å². The molecule has 1 rings (SSSR count). The van der Waals surface area contributed by atoms with Gasteiger partial charge in [-0.1, -0.05) is 52.4 Å². The van der Waals surface area contributed by atoms with E-state index in [1.54, 1.807) is 0 Å². The normalized spacial score (nSPS) is 29.7. The van der Waals surface area contributed by atoms with Crippen molar-refractivity contribution in [1.29, 1.82) is 5.26 Å². The van der Waals surface area contributed by atoms with Crippen molar-refractivity contribution in [3.05, 3.63) is 0 Å². The highest BCUT2D eigenvalue weighted by atomic mass is 14.3. The summed E-state index contributed by atoms with van der Waals surface area (Å²) in [5.41, 5.74) is 0. The van der Waals surface area contributed by atoms with Gasteiger partial charge in [0.25, 0.3) is 0 Å². The van der Waals surface area contributed by atoms with Crippen LogP contribution in [0.2, 0.25) is 0 Å². The molecule has 1 aliphatic carbocycles. The molecule has 0 heterocycles. The third-order valence-corrected chi connectivity index (χ3v) is 3.88. The minimum atomic E-state index is 0.343. The Morgan fingerprint density at radius 2 is 1.53 bits per heavy atom. The Bertz CT molecular complexity index is 202. The Balaban J connectivity index is 2.40. The molecule has 2 atom stereocenters. The minimum absolute atomic E-state index is 0.343. The van der Waals surface area contributed by atoms with Crippen LogP contribution in [0.15, 0.2) is 0 Å². The maximum Gasteiger partial charge on any atom is 0.0655 e. The van der Waals surface area contributed by atoms with E-state index in [-0.39, 0.29) is 0 Å². The van der Waals surface area contributed by atoms with E-state index in [0.717, 1.165) is 24.7 Å². The molecule has 1 fully saturated rings. The summed E-state index contributed by atoms with van der Waals surface area (Å²) in [7, 11) is 0. The van der Waals surface area contributed by atoms with E-state index in [4.69, 9.17) is 5.26 Å². The predicted octanol–water partition coefficient (Wildman–Crippen LogP) is 4.53. The van der Waals surface area contributed by atoms with Crippen molar-refractivity contribution in [2.45, 2.75) is 65.2 Å². The van der Waals surface area contributed by atoms with Gasteiger partial charge in [0.15, 0.2) is 0 Å². The topological polar surface area (TPSA) is 23.8 Å². The van der Waals surface area contributed by atoms with Gasteiger partial charge < -0.3 is 0 Å². The van der Waals surface area contributed by atoms with Gasteiger partial charge in [0, 0.05) is 5.92 Å². The van der Waals surface area contributed by atoms with Crippen LogP contribution in [0.3, 0.4) is 0 Å². The van der Waals surface area contributed by atoms with Crippen LogP contribution < -0.4 is 0 Å². The Hall–Kier alpha value is -0.510. The molecule has 0 radical (unpaired) electrons. The lowest BCUT2D eigenvalue weighted by Crippen LogP contribution is -2.11. The summed E-state index contributed by atoms with van der Waals surface area (Å²) < 4.78 is 0. The Kier molecular flexibility index (Phi) is 5.76. The SMILES string of the molecule is CC(C)C1CCCCCC(C#N)CCC1. The molecule has 2 unspecified atom stereocenters. The Morgan fingerprint density at radius 3 is 2.20 bits per heavy atom. The molecular formula is C14H25N. The number of hydrogen-bond acceptors (Lipinski definition) is 1. The highest BCUT2D eigenvalue weighted by molar-refractivity contribution is 4.83. The molecule has 0 amide bonds. The van der Waals surface area contributed by atoms with Crippen molar-refractivity contribution >= 4 is 0 Å². The van der Waals surface area contributed by atoms with Gasteiger partial charge in [0.1, 0.15) is 0 Å². The summed E-state index contributed by atoms with van der Waals surface area (Å²) in [4.78, 5) is 0. The average Bonchev–Trinajstić information content (AvgIpc) is 2.24. The first-order valence-corrected chi connectivity index (χ1v) is 6.63. The zero-order chi connectivity index (χ0) is 11.1. The molecule has 1 saturated carbocycles. The molecular weight excluding hydrogens is 182 g/mol. The summed E-state index contributed by atoms with van der Waals surface area (Å²) in [5.74, 6) is 2.07. The smallest absolute Gasteiger partial charge is 0.0655 e. The fourth-order valence-corrected chi connectivity index (χ4v) is 2.68. The van der Waals surface area contributed by atoms with Crippen LogP contribution in [-0.2, 0) is 0 Å². The van der Waals surface area contributed by atoms with Crippen LogP contribution in [0.4, 0.5) is 0 Å². The highest BCUT2D eigenvalue weighted by Crippen LogP contribution is 2.28. The van der Waals surface area contributed by atoms with Crippen LogP contribution in [0.25, 0.3) is 0 Å². The second kappa shape index (κ2) is 6.88. The number of hydrogen-bond donors (Lipinski definition) is 0. The molecule has 1 aliphatic rings. The van der Waals surface area contributed by atoms with E-state index in [9.17, 15) is 0 Å². The first kappa shape index (κ1) is 12.6. The molecule has 0 aliphatic heterocycles. The zero-order valence-corrected chi connectivity index (χ0v) is 10.3. The zero-order valence-electron chi connectivity index (χ0n) is 10.3. The predicted molar refractivity (Wildman–Crippen MR) is 64.4 cm³/mol. The fraction of sp³-hybridized carbons (Fsp3) is 0.929. The number of nitrogens with zero attached hydrogens (tertiary/aromatic N) is 1. The minimum Gasteiger partial charge on any atom is -0.198 e. The molecule has 0 aromatic rings. The molecule has 0 N–H and O–H groups in total. The first-order valence-electron chi connectivity index (χ1n) is 6.63. The number of nitriles is 1. The summed E-state index contributed by atoms with van der Waals surface area (Å²) in [6, 6.07) is 2.46. The largest absolute Gasteiger partial charge is 0.198 e. The second-order valence-corrected chi connectivity index (χ2v) is 5.40. The molecule has 1 heteroatoms. The van der Waals surface area contributed by atoms with Crippen molar-refractivity contribution in [3.63, 3.8) is 0 Å². The standard InChI is InChI=1S/C14H25N/c1-12(2)14-9-5-3-4-7-13(11-15)8-6-10-14/h12-14H,3-10H2,1-2H3. The van der Waals surface area contributed by atoms with Gasteiger partial charge in [-0.25, -0.2) is 0 Å². The van der Waals surface area contributed by atoms with Crippen molar-refractivity contribution in [3.8, 4) is 6.07 Å².